The maximum atomic E-state index is 12.4. The van der Waals surface area contributed by atoms with Crippen molar-refractivity contribution in [3.8, 4) is 0 Å². The van der Waals surface area contributed by atoms with E-state index in [9.17, 15) is 4.79 Å². The molecule has 0 aliphatic carbocycles. The van der Waals surface area contributed by atoms with Crippen LogP contribution in [0.4, 0.5) is 11.4 Å². The Labute approximate surface area is 133 Å². The number of carbonyl (C=O) groups excluding carboxylic acids is 1. The minimum atomic E-state index is 0.0248. The van der Waals surface area contributed by atoms with Crippen LogP contribution in [-0.4, -0.2) is 57.8 Å². The first-order valence-electron chi connectivity index (χ1n) is 7.94. The number of rotatable bonds is 6. The molecular formula is C17H28N3O2+. The first-order chi connectivity index (χ1) is 10.4. The zero-order valence-electron chi connectivity index (χ0n) is 14.0. The van der Waals surface area contributed by atoms with E-state index in [1.54, 1.807) is 0 Å². The van der Waals surface area contributed by atoms with Gasteiger partial charge in [-0.3, -0.25) is 4.79 Å². The monoisotopic (exact) mass is 306 g/mol. The van der Waals surface area contributed by atoms with Gasteiger partial charge >= 0.3 is 0 Å². The Kier molecular flexibility index (Phi) is 5.42. The summed E-state index contributed by atoms with van der Waals surface area (Å²) in [7, 11) is 6.46. The van der Waals surface area contributed by atoms with Gasteiger partial charge in [-0.2, -0.15) is 0 Å². The minimum Gasteiger partial charge on any atom is -0.399 e. The van der Waals surface area contributed by atoms with E-state index in [2.05, 4.69) is 21.1 Å². The second kappa shape index (κ2) is 7.11. The molecular weight excluding hydrogens is 278 g/mol. The Balaban J connectivity index is 1.85. The van der Waals surface area contributed by atoms with Gasteiger partial charge in [0.05, 0.1) is 34.3 Å². The predicted molar refractivity (Wildman–Crippen MR) is 89.9 cm³/mol. The van der Waals surface area contributed by atoms with Gasteiger partial charge in [-0.25, -0.2) is 0 Å². The van der Waals surface area contributed by atoms with Crippen LogP contribution in [0.3, 0.4) is 0 Å². The van der Waals surface area contributed by atoms with E-state index in [0.29, 0.717) is 12.3 Å². The molecule has 0 atom stereocenters. The van der Waals surface area contributed by atoms with Crippen LogP contribution in [-0.2, 0) is 16.0 Å². The van der Waals surface area contributed by atoms with Crippen LogP contribution in [0.25, 0.3) is 0 Å². The number of benzene rings is 1. The Morgan fingerprint density at radius 1 is 1.36 bits per heavy atom. The number of quaternary nitrogens is 1. The smallest absolute Gasteiger partial charge is 0.252 e. The first kappa shape index (κ1) is 16.8. The summed E-state index contributed by atoms with van der Waals surface area (Å²) in [5.41, 5.74) is 8.69. The SMILES string of the molecule is C[N+](C)(C)CCCOCC(=O)N1CCCc2ccc(N)cc21. The number of carbonyl (C=O) groups is 1. The lowest BCUT2D eigenvalue weighted by Gasteiger charge is -2.29. The van der Waals surface area contributed by atoms with Gasteiger partial charge in [0.15, 0.2) is 0 Å². The van der Waals surface area contributed by atoms with Crippen molar-refractivity contribution in [1.29, 1.82) is 0 Å². The molecule has 1 amide bonds. The van der Waals surface area contributed by atoms with Gasteiger partial charge in [0.2, 0.25) is 0 Å². The summed E-state index contributed by atoms with van der Waals surface area (Å²) in [6.07, 6.45) is 2.95. The third-order valence-corrected chi connectivity index (χ3v) is 3.87. The number of amides is 1. The standard InChI is InChI=1S/C17H28N3O2/c1-20(2,3)10-5-11-22-13-17(21)19-9-4-6-14-7-8-15(18)12-16(14)19/h7-8,12H,4-6,9-11,13,18H2,1-3H3/q+1. The molecule has 0 aromatic heterocycles. The largest absolute Gasteiger partial charge is 0.399 e. The van der Waals surface area contributed by atoms with Crippen LogP contribution < -0.4 is 10.6 Å². The Morgan fingerprint density at radius 2 is 2.14 bits per heavy atom. The number of aryl methyl sites for hydroxylation is 1. The molecule has 22 heavy (non-hydrogen) atoms. The van der Waals surface area contributed by atoms with Crippen molar-refractivity contribution in [2.24, 2.45) is 0 Å². The lowest BCUT2D eigenvalue weighted by atomic mass is 10.0. The summed E-state index contributed by atoms with van der Waals surface area (Å²) in [5, 5.41) is 0. The molecule has 5 heteroatoms. The molecule has 0 saturated carbocycles. The average molecular weight is 306 g/mol. The van der Waals surface area contributed by atoms with Gasteiger partial charge in [-0.15, -0.1) is 0 Å². The zero-order chi connectivity index (χ0) is 16.2. The summed E-state index contributed by atoms with van der Waals surface area (Å²) in [6, 6.07) is 5.81. The molecule has 122 valence electrons. The van der Waals surface area contributed by atoms with E-state index in [1.165, 1.54) is 5.56 Å². The topological polar surface area (TPSA) is 55.6 Å². The normalized spacial score (nSPS) is 14.8. The Morgan fingerprint density at radius 3 is 2.86 bits per heavy atom. The molecule has 1 aliphatic heterocycles. The molecule has 0 spiro atoms. The number of fused-ring (bicyclic) bond motifs is 1. The van der Waals surface area contributed by atoms with E-state index in [1.807, 2.05) is 23.1 Å². The molecule has 1 aromatic rings. The van der Waals surface area contributed by atoms with Crippen molar-refractivity contribution in [3.05, 3.63) is 23.8 Å². The lowest BCUT2D eigenvalue weighted by Crippen LogP contribution is -2.38. The highest BCUT2D eigenvalue weighted by atomic mass is 16.5. The zero-order valence-corrected chi connectivity index (χ0v) is 14.0. The van der Waals surface area contributed by atoms with Crippen molar-refractivity contribution in [2.45, 2.75) is 19.3 Å². The summed E-state index contributed by atoms with van der Waals surface area (Å²) in [4.78, 5) is 14.2. The lowest BCUT2D eigenvalue weighted by molar-refractivity contribution is -0.870. The van der Waals surface area contributed by atoms with Crippen molar-refractivity contribution in [3.63, 3.8) is 0 Å². The fourth-order valence-corrected chi connectivity index (χ4v) is 2.73. The Bertz CT molecular complexity index is 523. The molecule has 0 fully saturated rings. The van der Waals surface area contributed by atoms with Crippen LogP contribution in [0.15, 0.2) is 18.2 Å². The van der Waals surface area contributed by atoms with Crippen molar-refractivity contribution >= 4 is 17.3 Å². The van der Waals surface area contributed by atoms with Gasteiger partial charge < -0.3 is 19.9 Å². The number of nitrogen functional groups attached to an aromatic ring is 1. The van der Waals surface area contributed by atoms with Gasteiger partial charge in [0.25, 0.3) is 5.91 Å². The van der Waals surface area contributed by atoms with E-state index < -0.39 is 0 Å². The number of nitrogens with two attached hydrogens (primary N) is 1. The minimum absolute atomic E-state index is 0.0248. The van der Waals surface area contributed by atoms with Crippen molar-refractivity contribution < 1.29 is 14.0 Å². The van der Waals surface area contributed by atoms with E-state index in [4.69, 9.17) is 10.5 Å². The summed E-state index contributed by atoms with van der Waals surface area (Å²) in [6.45, 7) is 2.55. The fraction of sp³-hybridized carbons (Fsp3) is 0.588. The molecule has 1 aliphatic rings. The highest BCUT2D eigenvalue weighted by Gasteiger charge is 2.22. The predicted octanol–water partition coefficient (Wildman–Crippen LogP) is 1.66. The quantitative estimate of drug-likeness (QED) is 0.494. The molecule has 0 radical (unpaired) electrons. The number of ether oxygens (including phenoxy) is 1. The van der Waals surface area contributed by atoms with Crippen LogP contribution in [0.5, 0.6) is 0 Å². The Hall–Kier alpha value is -1.59. The molecule has 2 N–H and O–H groups in total. The summed E-state index contributed by atoms with van der Waals surface area (Å²) >= 11 is 0. The highest BCUT2D eigenvalue weighted by molar-refractivity contribution is 5.96. The molecule has 1 aromatic carbocycles. The fourth-order valence-electron chi connectivity index (χ4n) is 2.73. The van der Waals surface area contributed by atoms with Crippen LogP contribution >= 0.6 is 0 Å². The first-order valence-corrected chi connectivity index (χ1v) is 7.94. The molecule has 0 unspecified atom stereocenters. The van der Waals surface area contributed by atoms with Crippen molar-refractivity contribution in [2.75, 3.05) is 58.1 Å². The number of hydrogen-bond acceptors (Lipinski definition) is 3. The molecule has 0 bridgehead atoms. The number of anilines is 2. The molecule has 5 nitrogen and oxygen atoms in total. The van der Waals surface area contributed by atoms with Gasteiger partial charge in [-0.1, -0.05) is 6.07 Å². The third kappa shape index (κ3) is 4.71. The second-order valence-corrected chi connectivity index (χ2v) is 6.96. The maximum absolute atomic E-state index is 12.4. The van der Waals surface area contributed by atoms with Crippen molar-refractivity contribution in [1.82, 2.24) is 0 Å². The number of hydrogen-bond donors (Lipinski definition) is 1. The van der Waals surface area contributed by atoms with E-state index in [0.717, 1.165) is 42.5 Å². The van der Waals surface area contributed by atoms with Crippen LogP contribution in [0.1, 0.15) is 18.4 Å². The maximum Gasteiger partial charge on any atom is 0.252 e. The molecule has 1 heterocycles. The third-order valence-electron chi connectivity index (χ3n) is 3.87. The van der Waals surface area contributed by atoms with E-state index >= 15 is 0 Å². The summed E-state index contributed by atoms with van der Waals surface area (Å²) in [5.74, 6) is 0.0248. The summed E-state index contributed by atoms with van der Waals surface area (Å²) < 4.78 is 6.47. The van der Waals surface area contributed by atoms with Crippen LogP contribution in [0, 0.1) is 0 Å². The van der Waals surface area contributed by atoms with Gasteiger partial charge in [0.1, 0.15) is 6.61 Å². The van der Waals surface area contributed by atoms with E-state index in [-0.39, 0.29) is 12.5 Å². The highest BCUT2D eigenvalue weighted by Crippen LogP contribution is 2.29. The average Bonchev–Trinajstić information content (AvgIpc) is 2.44. The van der Waals surface area contributed by atoms with Gasteiger partial charge in [0, 0.05) is 24.3 Å². The second-order valence-electron chi connectivity index (χ2n) is 6.96. The molecule has 2 rings (SSSR count). The van der Waals surface area contributed by atoms with Crippen LogP contribution in [0.2, 0.25) is 0 Å². The number of nitrogens with zero attached hydrogens (tertiary/aromatic N) is 2. The van der Waals surface area contributed by atoms with Gasteiger partial charge in [-0.05, 0) is 30.5 Å². The molecule has 0 saturated heterocycles.